The van der Waals surface area contributed by atoms with Gasteiger partial charge in [0.25, 0.3) is 5.91 Å². The number of ether oxygens (including phenoxy) is 1. The zero-order valence-electron chi connectivity index (χ0n) is 15.7. The molecule has 8 nitrogen and oxygen atoms in total. The molecule has 0 bridgehead atoms. The summed E-state index contributed by atoms with van der Waals surface area (Å²) in [5.41, 5.74) is 7.90. The average Bonchev–Trinajstić information content (AvgIpc) is 3.06. The van der Waals surface area contributed by atoms with Crippen molar-refractivity contribution >= 4 is 23.1 Å². The van der Waals surface area contributed by atoms with Gasteiger partial charge in [0.15, 0.2) is 6.20 Å². The molecule has 2 aromatic carbocycles. The number of fused-ring (bicyclic) bond motifs is 1. The molecule has 0 radical (unpaired) electrons. The Bertz CT molecular complexity index is 1180. The van der Waals surface area contributed by atoms with Crippen molar-refractivity contribution < 1.29 is 19.2 Å². The number of nitrogens with two attached hydrogens (primary N) is 1. The van der Waals surface area contributed by atoms with Gasteiger partial charge in [-0.3, -0.25) is 9.20 Å². The lowest BCUT2D eigenvalue weighted by Crippen LogP contribution is -2.40. The van der Waals surface area contributed by atoms with E-state index in [4.69, 9.17) is 10.5 Å². The number of phenolic OH excluding ortho intramolecular Hbond substituents is 1. The Hall–Kier alpha value is -4.07. The van der Waals surface area contributed by atoms with Crippen molar-refractivity contribution in [1.29, 1.82) is 0 Å². The third kappa shape index (κ3) is 3.68. The van der Waals surface area contributed by atoms with Gasteiger partial charge in [0, 0.05) is 11.3 Å². The van der Waals surface area contributed by atoms with Crippen molar-refractivity contribution in [1.82, 2.24) is 9.38 Å². The number of para-hydroxylation sites is 1. The monoisotopic (exact) mass is 390 g/mol. The number of nitrogens with one attached hydrogen (secondary N) is 1. The van der Waals surface area contributed by atoms with E-state index in [0.29, 0.717) is 22.7 Å². The van der Waals surface area contributed by atoms with Crippen LogP contribution in [0.3, 0.4) is 0 Å². The fourth-order valence-electron chi connectivity index (χ4n) is 3.11. The third-order valence-electron chi connectivity index (χ3n) is 4.48. The first kappa shape index (κ1) is 18.3. The molecule has 29 heavy (non-hydrogen) atoms. The quantitative estimate of drug-likeness (QED) is 0.438. The lowest BCUT2D eigenvalue weighted by atomic mass is 10.1. The molecule has 0 aliphatic carbocycles. The third-order valence-corrected chi connectivity index (χ3v) is 4.48. The summed E-state index contributed by atoms with van der Waals surface area (Å²) in [5.74, 6) is 1.11. The number of methoxy groups -OCH3 is 1. The SMILES string of the molecule is COc1ccc(Nc2c(-c3ccccc3O)nc3c[n+](CC(N)=O)ccn23)cc1. The molecule has 2 aromatic heterocycles. The minimum Gasteiger partial charge on any atom is -0.507 e. The summed E-state index contributed by atoms with van der Waals surface area (Å²) in [5, 5.41) is 13.7. The number of imidazole rings is 1. The van der Waals surface area contributed by atoms with Crippen LogP contribution in [0.1, 0.15) is 0 Å². The maximum atomic E-state index is 11.3. The summed E-state index contributed by atoms with van der Waals surface area (Å²) < 4.78 is 8.72. The zero-order valence-corrected chi connectivity index (χ0v) is 15.7. The molecule has 0 saturated heterocycles. The number of carbonyl (C=O) groups excluding carboxylic acids is 1. The topological polar surface area (TPSA) is 106 Å². The molecule has 1 amide bonds. The number of nitrogens with zero attached hydrogens (tertiary/aromatic N) is 3. The molecule has 0 atom stereocenters. The largest absolute Gasteiger partial charge is 0.507 e. The normalized spacial score (nSPS) is 10.8. The Balaban J connectivity index is 1.85. The second-order valence-corrected chi connectivity index (χ2v) is 6.47. The predicted octanol–water partition coefficient (Wildman–Crippen LogP) is 2.23. The van der Waals surface area contributed by atoms with Crippen LogP contribution >= 0.6 is 0 Å². The molecule has 0 aliphatic heterocycles. The first-order chi connectivity index (χ1) is 14.0. The van der Waals surface area contributed by atoms with E-state index in [2.05, 4.69) is 10.3 Å². The summed E-state index contributed by atoms with van der Waals surface area (Å²) in [6, 6.07) is 14.5. The van der Waals surface area contributed by atoms with Crippen molar-refractivity contribution in [2.75, 3.05) is 12.4 Å². The number of benzene rings is 2. The molecule has 146 valence electrons. The van der Waals surface area contributed by atoms with E-state index in [9.17, 15) is 9.90 Å². The van der Waals surface area contributed by atoms with Gasteiger partial charge in [0.05, 0.1) is 13.3 Å². The number of primary amides is 1. The van der Waals surface area contributed by atoms with Gasteiger partial charge in [-0.25, -0.2) is 4.98 Å². The summed E-state index contributed by atoms with van der Waals surface area (Å²) in [7, 11) is 1.62. The minimum atomic E-state index is -0.441. The molecule has 2 heterocycles. The highest BCUT2D eigenvalue weighted by Gasteiger charge is 2.19. The molecule has 0 saturated carbocycles. The highest BCUT2D eigenvalue weighted by molar-refractivity contribution is 5.82. The Morgan fingerprint density at radius 3 is 2.69 bits per heavy atom. The first-order valence-corrected chi connectivity index (χ1v) is 8.94. The summed E-state index contributed by atoms with van der Waals surface area (Å²) in [4.78, 5) is 15.9. The highest BCUT2D eigenvalue weighted by Crippen LogP contribution is 2.35. The van der Waals surface area contributed by atoms with Crippen molar-refractivity contribution in [3.8, 4) is 22.8 Å². The van der Waals surface area contributed by atoms with Crippen LogP contribution in [-0.4, -0.2) is 27.5 Å². The highest BCUT2D eigenvalue weighted by atomic mass is 16.5. The van der Waals surface area contributed by atoms with Crippen LogP contribution in [0.25, 0.3) is 16.9 Å². The second-order valence-electron chi connectivity index (χ2n) is 6.47. The van der Waals surface area contributed by atoms with Crippen molar-refractivity contribution in [3.05, 3.63) is 67.1 Å². The van der Waals surface area contributed by atoms with Crippen molar-refractivity contribution in [3.63, 3.8) is 0 Å². The molecular weight excluding hydrogens is 370 g/mol. The lowest BCUT2D eigenvalue weighted by molar-refractivity contribution is -0.683. The van der Waals surface area contributed by atoms with E-state index in [1.54, 1.807) is 48.5 Å². The molecule has 4 aromatic rings. The molecule has 0 spiro atoms. The van der Waals surface area contributed by atoms with Gasteiger partial charge in [-0.05, 0) is 36.4 Å². The zero-order chi connectivity index (χ0) is 20.4. The fraction of sp³-hybridized carbons (Fsp3) is 0.0952. The van der Waals surface area contributed by atoms with Gasteiger partial charge in [-0.2, -0.15) is 4.57 Å². The molecule has 8 heteroatoms. The van der Waals surface area contributed by atoms with Crippen LogP contribution in [-0.2, 0) is 11.3 Å². The Labute approximate surface area is 166 Å². The van der Waals surface area contributed by atoms with Crippen LogP contribution in [0.4, 0.5) is 11.5 Å². The first-order valence-electron chi connectivity index (χ1n) is 8.94. The second kappa shape index (κ2) is 7.51. The molecule has 0 aliphatic rings. The summed E-state index contributed by atoms with van der Waals surface area (Å²) >= 11 is 0. The number of rotatable bonds is 6. The molecule has 4 rings (SSSR count). The van der Waals surface area contributed by atoms with Crippen LogP contribution in [0.15, 0.2) is 67.1 Å². The number of phenols is 1. The van der Waals surface area contributed by atoms with Gasteiger partial charge in [0.1, 0.15) is 23.0 Å². The van der Waals surface area contributed by atoms with E-state index in [1.807, 2.05) is 34.7 Å². The lowest BCUT2D eigenvalue weighted by Gasteiger charge is -2.10. The number of hydrogen-bond donors (Lipinski definition) is 3. The summed E-state index contributed by atoms with van der Waals surface area (Å²) in [6.45, 7) is 0.0521. The molecular formula is C21H20N5O3+. The van der Waals surface area contributed by atoms with E-state index in [0.717, 1.165) is 11.4 Å². The van der Waals surface area contributed by atoms with Crippen LogP contribution in [0.2, 0.25) is 0 Å². The van der Waals surface area contributed by atoms with Crippen molar-refractivity contribution in [2.45, 2.75) is 6.54 Å². The van der Waals surface area contributed by atoms with Crippen molar-refractivity contribution in [2.24, 2.45) is 5.73 Å². The molecule has 0 unspecified atom stereocenters. The van der Waals surface area contributed by atoms with Gasteiger partial charge >= 0.3 is 0 Å². The Morgan fingerprint density at radius 2 is 2.00 bits per heavy atom. The van der Waals surface area contributed by atoms with Gasteiger partial charge < -0.3 is 20.9 Å². The average molecular weight is 390 g/mol. The number of hydrogen-bond acceptors (Lipinski definition) is 5. The van der Waals surface area contributed by atoms with E-state index in [1.165, 1.54) is 0 Å². The number of carbonyl (C=O) groups is 1. The number of aromatic nitrogens is 3. The van der Waals surface area contributed by atoms with Gasteiger partial charge in [-0.1, -0.05) is 12.1 Å². The van der Waals surface area contributed by atoms with E-state index >= 15 is 0 Å². The van der Waals surface area contributed by atoms with E-state index < -0.39 is 5.91 Å². The number of amides is 1. The molecule has 0 fully saturated rings. The number of anilines is 2. The van der Waals surface area contributed by atoms with Crippen LogP contribution in [0.5, 0.6) is 11.5 Å². The predicted molar refractivity (Wildman–Crippen MR) is 108 cm³/mol. The smallest absolute Gasteiger partial charge is 0.283 e. The van der Waals surface area contributed by atoms with Crippen LogP contribution in [0, 0.1) is 0 Å². The van der Waals surface area contributed by atoms with Crippen LogP contribution < -0.4 is 20.4 Å². The Morgan fingerprint density at radius 1 is 1.24 bits per heavy atom. The Kier molecular flexibility index (Phi) is 4.74. The van der Waals surface area contributed by atoms with E-state index in [-0.39, 0.29) is 12.3 Å². The van der Waals surface area contributed by atoms with Gasteiger partial charge in [-0.15, -0.1) is 0 Å². The minimum absolute atomic E-state index is 0.0521. The standard InChI is InChI=1S/C21H19N5O3/c1-29-15-8-6-14(7-9-15)23-21-20(16-4-2-3-5-17(16)27)24-19-13-25(12-18(22)28)10-11-26(19)21/h2-11,13H,12H2,1H3,(H3,22,24,27,28)/p+1. The molecule has 4 N–H and O–H groups in total. The number of aromatic hydroxyl groups is 1. The summed E-state index contributed by atoms with van der Waals surface area (Å²) in [6.07, 6.45) is 5.27. The maximum absolute atomic E-state index is 11.3. The maximum Gasteiger partial charge on any atom is 0.283 e. The fourth-order valence-corrected chi connectivity index (χ4v) is 3.11. The van der Waals surface area contributed by atoms with Gasteiger partial charge in [0.2, 0.25) is 18.4 Å².